The molecule has 0 saturated heterocycles. The number of aryl methyl sites for hydroxylation is 1. The average Bonchev–Trinajstić information content (AvgIpc) is 2.97. The SMILES string of the molecule is OCCCN(Cc1cccnc1Cl)C1CCc2ccccc21. The summed E-state index contributed by atoms with van der Waals surface area (Å²) in [4.78, 5) is 6.59. The number of benzene rings is 1. The molecule has 22 heavy (non-hydrogen) atoms. The lowest BCUT2D eigenvalue weighted by Crippen LogP contribution is -2.29. The van der Waals surface area contributed by atoms with Gasteiger partial charge < -0.3 is 5.11 Å². The molecular weight excluding hydrogens is 296 g/mol. The summed E-state index contributed by atoms with van der Waals surface area (Å²) in [5, 5.41) is 9.78. The Balaban J connectivity index is 1.83. The van der Waals surface area contributed by atoms with Crippen LogP contribution in [0.2, 0.25) is 5.15 Å². The van der Waals surface area contributed by atoms with Crippen molar-refractivity contribution in [1.82, 2.24) is 9.88 Å². The molecule has 3 nitrogen and oxygen atoms in total. The zero-order chi connectivity index (χ0) is 15.4. The Kier molecular flexibility index (Phi) is 5.08. The topological polar surface area (TPSA) is 36.4 Å². The smallest absolute Gasteiger partial charge is 0.133 e. The first-order valence-corrected chi connectivity index (χ1v) is 8.19. The van der Waals surface area contributed by atoms with Crippen molar-refractivity contribution in [2.24, 2.45) is 0 Å². The van der Waals surface area contributed by atoms with Gasteiger partial charge in [-0.05, 0) is 36.5 Å². The highest BCUT2D eigenvalue weighted by Crippen LogP contribution is 2.36. The maximum atomic E-state index is 9.21. The van der Waals surface area contributed by atoms with Gasteiger partial charge >= 0.3 is 0 Å². The third-order valence-electron chi connectivity index (χ3n) is 4.36. The molecule has 3 rings (SSSR count). The average molecular weight is 317 g/mol. The van der Waals surface area contributed by atoms with Crippen molar-refractivity contribution >= 4 is 11.6 Å². The summed E-state index contributed by atoms with van der Waals surface area (Å²) in [5.74, 6) is 0. The lowest BCUT2D eigenvalue weighted by Gasteiger charge is -2.29. The van der Waals surface area contributed by atoms with Crippen molar-refractivity contribution in [3.05, 3.63) is 64.4 Å². The maximum absolute atomic E-state index is 9.21. The largest absolute Gasteiger partial charge is 0.396 e. The van der Waals surface area contributed by atoms with Gasteiger partial charge in [0.25, 0.3) is 0 Å². The Bertz CT molecular complexity index is 632. The summed E-state index contributed by atoms with van der Waals surface area (Å²) in [6, 6.07) is 13.0. The summed E-state index contributed by atoms with van der Waals surface area (Å²) >= 11 is 6.22. The second-order valence-corrected chi connectivity index (χ2v) is 6.11. The molecule has 0 aliphatic heterocycles. The molecule has 1 N–H and O–H groups in total. The van der Waals surface area contributed by atoms with Crippen molar-refractivity contribution in [3.8, 4) is 0 Å². The molecule has 1 atom stereocenters. The van der Waals surface area contributed by atoms with Crippen LogP contribution < -0.4 is 0 Å². The van der Waals surface area contributed by atoms with Crippen LogP contribution in [0.4, 0.5) is 0 Å². The first kappa shape index (κ1) is 15.5. The Morgan fingerprint density at radius 1 is 1.23 bits per heavy atom. The van der Waals surface area contributed by atoms with Crippen LogP contribution in [0.3, 0.4) is 0 Å². The highest BCUT2D eigenvalue weighted by atomic mass is 35.5. The highest BCUT2D eigenvalue weighted by molar-refractivity contribution is 6.30. The monoisotopic (exact) mass is 316 g/mol. The minimum absolute atomic E-state index is 0.214. The summed E-state index contributed by atoms with van der Waals surface area (Å²) in [5.41, 5.74) is 3.91. The molecule has 1 aliphatic rings. The molecule has 0 spiro atoms. The summed E-state index contributed by atoms with van der Waals surface area (Å²) in [6.45, 7) is 1.85. The van der Waals surface area contributed by atoms with E-state index >= 15 is 0 Å². The van der Waals surface area contributed by atoms with Crippen LogP contribution in [0.25, 0.3) is 0 Å². The molecule has 0 saturated carbocycles. The van der Waals surface area contributed by atoms with Gasteiger partial charge in [0.05, 0.1) is 0 Å². The first-order chi connectivity index (χ1) is 10.8. The summed E-state index contributed by atoms with van der Waals surface area (Å²) < 4.78 is 0. The molecule has 0 radical (unpaired) electrons. The van der Waals surface area contributed by atoms with Crippen LogP contribution >= 0.6 is 11.6 Å². The van der Waals surface area contributed by atoms with Crippen molar-refractivity contribution in [2.45, 2.75) is 31.8 Å². The van der Waals surface area contributed by atoms with Gasteiger partial charge in [-0.3, -0.25) is 4.90 Å². The van der Waals surface area contributed by atoms with E-state index in [1.165, 1.54) is 11.1 Å². The molecular formula is C18H21ClN2O. The van der Waals surface area contributed by atoms with E-state index in [0.29, 0.717) is 11.2 Å². The Morgan fingerprint density at radius 3 is 2.91 bits per heavy atom. The first-order valence-electron chi connectivity index (χ1n) is 7.81. The van der Waals surface area contributed by atoms with Crippen LogP contribution in [0, 0.1) is 0 Å². The van der Waals surface area contributed by atoms with Gasteiger partial charge in [-0.2, -0.15) is 0 Å². The van der Waals surface area contributed by atoms with E-state index in [-0.39, 0.29) is 6.61 Å². The molecule has 1 aromatic heterocycles. The van der Waals surface area contributed by atoms with Crippen molar-refractivity contribution in [2.75, 3.05) is 13.2 Å². The number of aromatic nitrogens is 1. The van der Waals surface area contributed by atoms with E-state index in [9.17, 15) is 5.11 Å². The van der Waals surface area contributed by atoms with Crippen LogP contribution in [0.5, 0.6) is 0 Å². The molecule has 1 aromatic carbocycles. The lowest BCUT2D eigenvalue weighted by atomic mass is 10.1. The normalized spacial score (nSPS) is 17.0. The predicted molar refractivity (Wildman–Crippen MR) is 88.9 cm³/mol. The maximum Gasteiger partial charge on any atom is 0.133 e. The Hall–Kier alpha value is -1.42. The summed E-state index contributed by atoms with van der Waals surface area (Å²) in [7, 11) is 0. The number of aliphatic hydroxyl groups is 1. The molecule has 0 fully saturated rings. The second kappa shape index (κ2) is 7.23. The number of fused-ring (bicyclic) bond motifs is 1. The number of hydrogen-bond donors (Lipinski definition) is 1. The van der Waals surface area contributed by atoms with Gasteiger partial charge in [0.15, 0.2) is 0 Å². The van der Waals surface area contributed by atoms with E-state index < -0.39 is 0 Å². The fraction of sp³-hybridized carbons (Fsp3) is 0.389. The standard InChI is InChI=1S/C18H21ClN2O/c19-18-15(6-3-10-20-18)13-21(11-4-12-22)17-9-8-14-5-1-2-7-16(14)17/h1-3,5-7,10,17,22H,4,8-9,11-13H2. The van der Waals surface area contributed by atoms with Gasteiger partial charge in [0.2, 0.25) is 0 Å². The third-order valence-corrected chi connectivity index (χ3v) is 4.70. The van der Waals surface area contributed by atoms with Crippen LogP contribution in [0.15, 0.2) is 42.6 Å². The number of hydrogen-bond acceptors (Lipinski definition) is 3. The van der Waals surface area contributed by atoms with E-state index in [4.69, 9.17) is 11.6 Å². The van der Waals surface area contributed by atoms with Gasteiger partial charge in [0.1, 0.15) is 5.15 Å². The van der Waals surface area contributed by atoms with Crippen molar-refractivity contribution < 1.29 is 5.11 Å². The lowest BCUT2D eigenvalue weighted by molar-refractivity contribution is 0.165. The van der Waals surface area contributed by atoms with E-state index in [2.05, 4.69) is 34.1 Å². The van der Waals surface area contributed by atoms with Crippen LogP contribution in [0.1, 0.15) is 35.6 Å². The Labute approximate surface area is 136 Å². The number of aliphatic hydroxyl groups excluding tert-OH is 1. The number of pyridine rings is 1. The van der Waals surface area contributed by atoms with E-state index in [1.807, 2.05) is 12.1 Å². The van der Waals surface area contributed by atoms with Gasteiger partial charge in [-0.15, -0.1) is 0 Å². The van der Waals surface area contributed by atoms with E-state index in [0.717, 1.165) is 37.9 Å². The molecule has 1 aliphatic carbocycles. The van der Waals surface area contributed by atoms with Gasteiger partial charge in [-0.1, -0.05) is 41.9 Å². The molecule has 2 aromatic rings. The number of halogens is 1. The molecule has 4 heteroatoms. The van der Waals surface area contributed by atoms with Crippen molar-refractivity contribution in [1.29, 1.82) is 0 Å². The van der Waals surface area contributed by atoms with E-state index in [1.54, 1.807) is 6.20 Å². The molecule has 1 heterocycles. The second-order valence-electron chi connectivity index (χ2n) is 5.75. The molecule has 0 bridgehead atoms. The van der Waals surface area contributed by atoms with Crippen molar-refractivity contribution in [3.63, 3.8) is 0 Å². The number of nitrogens with zero attached hydrogens (tertiary/aromatic N) is 2. The predicted octanol–water partition coefficient (Wildman–Crippen LogP) is 3.61. The van der Waals surface area contributed by atoms with Gasteiger partial charge in [0, 0.05) is 37.5 Å². The minimum Gasteiger partial charge on any atom is -0.396 e. The fourth-order valence-electron chi connectivity index (χ4n) is 3.29. The molecule has 0 amide bonds. The molecule has 1 unspecified atom stereocenters. The fourth-order valence-corrected chi connectivity index (χ4v) is 3.47. The quantitative estimate of drug-likeness (QED) is 0.827. The Morgan fingerprint density at radius 2 is 2.09 bits per heavy atom. The zero-order valence-electron chi connectivity index (χ0n) is 12.6. The number of rotatable bonds is 6. The van der Waals surface area contributed by atoms with Gasteiger partial charge in [-0.25, -0.2) is 4.98 Å². The van der Waals surface area contributed by atoms with Crippen LogP contribution in [-0.4, -0.2) is 28.1 Å². The van der Waals surface area contributed by atoms with Crippen LogP contribution in [-0.2, 0) is 13.0 Å². The molecule has 116 valence electrons. The summed E-state index contributed by atoms with van der Waals surface area (Å²) in [6.07, 6.45) is 4.74. The highest BCUT2D eigenvalue weighted by Gasteiger charge is 2.27. The zero-order valence-corrected chi connectivity index (χ0v) is 13.3. The third kappa shape index (κ3) is 3.32. The minimum atomic E-state index is 0.214.